The lowest BCUT2D eigenvalue weighted by Gasteiger charge is -2.12. The third kappa shape index (κ3) is 3.86. The van der Waals surface area contributed by atoms with E-state index in [0.29, 0.717) is 16.8 Å². The third-order valence-corrected chi connectivity index (χ3v) is 5.65. The normalized spacial score (nSPS) is 11.4. The molecule has 1 heterocycles. The molecule has 7 heteroatoms. The summed E-state index contributed by atoms with van der Waals surface area (Å²) in [5.41, 5.74) is 2.72. The number of pyridine rings is 1. The largest absolute Gasteiger partial charge is 0.263 e. The van der Waals surface area contributed by atoms with Gasteiger partial charge in [0.05, 0.1) is 9.92 Å². The van der Waals surface area contributed by atoms with Crippen LogP contribution >= 0.6 is 11.6 Å². The number of nitrogens with zero attached hydrogens (tertiary/aromatic N) is 1. The van der Waals surface area contributed by atoms with E-state index in [0.717, 1.165) is 5.56 Å². The Labute approximate surface area is 156 Å². The van der Waals surface area contributed by atoms with Crippen molar-refractivity contribution < 1.29 is 12.8 Å². The van der Waals surface area contributed by atoms with Crippen LogP contribution < -0.4 is 4.72 Å². The van der Waals surface area contributed by atoms with Crippen LogP contribution in [0, 0.1) is 19.7 Å². The van der Waals surface area contributed by atoms with Crippen LogP contribution in [-0.2, 0) is 10.0 Å². The van der Waals surface area contributed by atoms with Crippen LogP contribution in [-0.4, -0.2) is 13.4 Å². The lowest BCUT2D eigenvalue weighted by Crippen LogP contribution is -2.15. The van der Waals surface area contributed by atoms with Crippen molar-refractivity contribution >= 4 is 27.4 Å². The fourth-order valence-corrected chi connectivity index (χ4v) is 4.01. The molecule has 0 spiro atoms. The minimum Gasteiger partial charge on any atom is -0.263 e. The minimum absolute atomic E-state index is 0.0176. The molecule has 2 aromatic carbocycles. The van der Waals surface area contributed by atoms with Crippen LogP contribution in [0.4, 0.5) is 10.2 Å². The Morgan fingerprint density at radius 1 is 1.00 bits per heavy atom. The van der Waals surface area contributed by atoms with E-state index < -0.39 is 15.8 Å². The zero-order chi connectivity index (χ0) is 18.9. The minimum atomic E-state index is -3.77. The maximum atomic E-state index is 13.3. The molecule has 0 aliphatic carbocycles. The maximum Gasteiger partial charge on any atom is 0.263 e. The molecule has 0 atom stereocenters. The highest BCUT2D eigenvalue weighted by Gasteiger charge is 2.18. The second-order valence-electron chi connectivity index (χ2n) is 5.88. The highest BCUT2D eigenvalue weighted by atomic mass is 35.5. The number of hydrogen-bond donors (Lipinski definition) is 1. The van der Waals surface area contributed by atoms with Gasteiger partial charge in [-0.05, 0) is 60.9 Å². The van der Waals surface area contributed by atoms with Crippen LogP contribution in [0.2, 0.25) is 5.02 Å². The first-order chi connectivity index (χ1) is 12.3. The van der Waals surface area contributed by atoms with Gasteiger partial charge >= 0.3 is 0 Å². The van der Waals surface area contributed by atoms with Crippen molar-refractivity contribution in [3.63, 3.8) is 0 Å². The molecule has 0 aliphatic heterocycles. The summed E-state index contributed by atoms with van der Waals surface area (Å²) in [6.07, 6.45) is 0. The Morgan fingerprint density at radius 2 is 1.69 bits per heavy atom. The van der Waals surface area contributed by atoms with E-state index in [1.807, 2.05) is 0 Å². The summed E-state index contributed by atoms with van der Waals surface area (Å²) < 4.78 is 41.1. The molecule has 1 aromatic heterocycles. The second-order valence-corrected chi connectivity index (χ2v) is 7.94. The van der Waals surface area contributed by atoms with Gasteiger partial charge in [-0.15, -0.1) is 0 Å². The van der Waals surface area contributed by atoms with Crippen molar-refractivity contribution in [3.05, 3.63) is 76.7 Å². The molecule has 1 N–H and O–H groups in total. The van der Waals surface area contributed by atoms with Gasteiger partial charge in [-0.1, -0.05) is 35.9 Å². The zero-order valence-electron chi connectivity index (χ0n) is 14.1. The lowest BCUT2D eigenvalue weighted by atomic mass is 10.0. The molecular formula is C19H16ClFN2O2S. The first kappa shape index (κ1) is 18.4. The number of nitrogens with one attached hydrogen (secondary N) is 1. The van der Waals surface area contributed by atoms with Crippen LogP contribution in [0.1, 0.15) is 11.3 Å². The Hall–Kier alpha value is -2.44. The molecule has 0 saturated heterocycles. The van der Waals surface area contributed by atoms with E-state index in [2.05, 4.69) is 9.71 Å². The molecular weight excluding hydrogens is 375 g/mol. The maximum absolute atomic E-state index is 13.3. The molecule has 0 radical (unpaired) electrons. The fourth-order valence-electron chi connectivity index (χ4n) is 2.60. The summed E-state index contributed by atoms with van der Waals surface area (Å²) in [7, 11) is -3.77. The molecule has 3 aromatic rings. The van der Waals surface area contributed by atoms with Gasteiger partial charge in [0.25, 0.3) is 10.0 Å². The summed E-state index contributed by atoms with van der Waals surface area (Å²) in [6, 6.07) is 14.4. The summed E-state index contributed by atoms with van der Waals surface area (Å²) >= 11 is 5.82. The second kappa shape index (κ2) is 7.05. The Kier molecular flexibility index (Phi) is 4.98. The third-order valence-electron chi connectivity index (χ3n) is 3.84. The van der Waals surface area contributed by atoms with E-state index in [9.17, 15) is 12.8 Å². The molecule has 3 rings (SSSR count). The number of sulfonamides is 1. The van der Waals surface area contributed by atoms with Crippen LogP contribution in [0.25, 0.3) is 11.1 Å². The lowest BCUT2D eigenvalue weighted by molar-refractivity contribution is 0.600. The van der Waals surface area contributed by atoms with Crippen LogP contribution in [0.5, 0.6) is 0 Å². The predicted molar refractivity (Wildman–Crippen MR) is 101 cm³/mol. The van der Waals surface area contributed by atoms with Gasteiger partial charge in [0.1, 0.15) is 11.6 Å². The summed E-state index contributed by atoms with van der Waals surface area (Å²) in [5, 5.41) is 0.0176. The molecule has 26 heavy (non-hydrogen) atoms. The first-order valence-corrected chi connectivity index (χ1v) is 9.65. The topological polar surface area (TPSA) is 59.1 Å². The number of rotatable bonds is 4. The summed E-state index contributed by atoms with van der Waals surface area (Å²) in [5.74, 6) is -0.236. The van der Waals surface area contributed by atoms with Crippen LogP contribution in [0.15, 0.2) is 59.5 Å². The molecule has 0 saturated carbocycles. The fraction of sp³-hybridized carbons (Fsp3) is 0.105. The quantitative estimate of drug-likeness (QED) is 0.685. The Morgan fingerprint density at radius 3 is 2.35 bits per heavy atom. The number of aryl methyl sites for hydroxylation is 2. The predicted octanol–water partition coefficient (Wildman–Crippen LogP) is 4.96. The molecule has 0 unspecified atom stereocenters. The van der Waals surface area contributed by atoms with Crippen molar-refractivity contribution in [3.8, 4) is 11.1 Å². The van der Waals surface area contributed by atoms with Gasteiger partial charge in [0, 0.05) is 5.69 Å². The number of halogens is 2. The molecule has 4 nitrogen and oxygen atoms in total. The van der Waals surface area contributed by atoms with E-state index in [1.54, 1.807) is 50.2 Å². The monoisotopic (exact) mass is 390 g/mol. The van der Waals surface area contributed by atoms with Crippen molar-refractivity contribution in [1.82, 2.24) is 4.98 Å². The zero-order valence-corrected chi connectivity index (χ0v) is 15.7. The van der Waals surface area contributed by atoms with Crippen LogP contribution in [0.3, 0.4) is 0 Å². The van der Waals surface area contributed by atoms with Gasteiger partial charge in [-0.2, -0.15) is 0 Å². The standard InChI is InChI=1S/C19H16ClFN2O2S/c1-12-10-14(15-6-8-17(21)16(20)11-15)7-9-18(12)26(24,25)23-19-5-3-4-13(2)22-19/h3-11H,1-2H3,(H,22,23). The van der Waals surface area contributed by atoms with E-state index >= 15 is 0 Å². The van der Waals surface area contributed by atoms with E-state index in [4.69, 9.17) is 11.6 Å². The van der Waals surface area contributed by atoms with Crippen molar-refractivity contribution in [2.75, 3.05) is 4.72 Å². The van der Waals surface area contributed by atoms with Crippen molar-refractivity contribution in [1.29, 1.82) is 0 Å². The van der Waals surface area contributed by atoms with Gasteiger partial charge in [0.15, 0.2) is 0 Å². The van der Waals surface area contributed by atoms with Crippen molar-refractivity contribution in [2.45, 2.75) is 18.7 Å². The molecule has 0 fully saturated rings. The average Bonchev–Trinajstić information content (AvgIpc) is 2.56. The summed E-state index contributed by atoms with van der Waals surface area (Å²) in [6.45, 7) is 3.48. The number of benzene rings is 2. The Bertz CT molecular complexity index is 1080. The van der Waals surface area contributed by atoms with Crippen molar-refractivity contribution in [2.24, 2.45) is 0 Å². The molecule has 134 valence electrons. The van der Waals surface area contributed by atoms with Gasteiger partial charge in [-0.25, -0.2) is 17.8 Å². The van der Waals surface area contributed by atoms with Gasteiger partial charge in [0.2, 0.25) is 0 Å². The highest BCUT2D eigenvalue weighted by Crippen LogP contribution is 2.28. The molecule has 0 aliphatic rings. The molecule has 0 amide bonds. The first-order valence-electron chi connectivity index (χ1n) is 7.79. The summed E-state index contributed by atoms with van der Waals surface area (Å²) in [4.78, 5) is 4.31. The number of hydrogen-bond acceptors (Lipinski definition) is 3. The average molecular weight is 391 g/mol. The van der Waals surface area contributed by atoms with E-state index in [1.165, 1.54) is 18.2 Å². The highest BCUT2D eigenvalue weighted by molar-refractivity contribution is 7.92. The Balaban J connectivity index is 1.95. The molecule has 0 bridgehead atoms. The SMILES string of the molecule is Cc1cccc(NS(=O)(=O)c2ccc(-c3ccc(F)c(Cl)c3)cc2C)n1. The van der Waals surface area contributed by atoms with Gasteiger partial charge < -0.3 is 0 Å². The number of aromatic nitrogens is 1. The number of anilines is 1. The van der Waals surface area contributed by atoms with E-state index in [-0.39, 0.29) is 15.7 Å². The smallest absolute Gasteiger partial charge is 0.263 e. The van der Waals surface area contributed by atoms with Gasteiger partial charge in [-0.3, -0.25) is 4.72 Å².